The fourth-order valence-corrected chi connectivity index (χ4v) is 3.43. The van der Waals surface area contributed by atoms with Gasteiger partial charge in [0.15, 0.2) is 11.3 Å². The summed E-state index contributed by atoms with van der Waals surface area (Å²) >= 11 is 3.30. The van der Waals surface area contributed by atoms with Gasteiger partial charge in [-0.3, -0.25) is 4.79 Å². The minimum absolute atomic E-state index is 0.235. The van der Waals surface area contributed by atoms with Crippen LogP contribution < -0.4 is 0 Å². The molecule has 0 aliphatic carbocycles. The van der Waals surface area contributed by atoms with Crippen LogP contribution >= 0.6 is 15.9 Å². The monoisotopic (exact) mass is 450 g/mol. The molecule has 0 spiro atoms. The first-order valence-corrected chi connectivity index (χ1v) is 9.27. The molecule has 4 rings (SSSR count). The number of benzene rings is 1. The van der Waals surface area contributed by atoms with Gasteiger partial charge < -0.3 is 4.90 Å². The molecular formula is C19H14BrF3N4O. The van der Waals surface area contributed by atoms with Crippen molar-refractivity contribution in [2.75, 3.05) is 13.1 Å². The highest BCUT2D eigenvalue weighted by Gasteiger charge is 2.31. The Kier molecular flexibility index (Phi) is 4.70. The van der Waals surface area contributed by atoms with E-state index in [1.807, 2.05) is 0 Å². The second kappa shape index (κ2) is 7.05. The van der Waals surface area contributed by atoms with Crippen LogP contribution in [0.25, 0.3) is 11.2 Å². The third kappa shape index (κ3) is 3.66. The van der Waals surface area contributed by atoms with Crippen LogP contribution in [0.5, 0.6) is 0 Å². The molecule has 3 heterocycles. The van der Waals surface area contributed by atoms with Crippen molar-refractivity contribution in [3.05, 3.63) is 70.1 Å². The van der Waals surface area contributed by atoms with Crippen molar-refractivity contribution in [3.63, 3.8) is 0 Å². The maximum absolute atomic E-state index is 12.9. The van der Waals surface area contributed by atoms with Gasteiger partial charge in [-0.25, -0.2) is 9.50 Å². The van der Waals surface area contributed by atoms with Crippen molar-refractivity contribution < 1.29 is 18.0 Å². The lowest BCUT2D eigenvalue weighted by atomic mass is 9.97. The zero-order valence-corrected chi connectivity index (χ0v) is 16.0. The molecule has 3 aromatic rings. The Morgan fingerprint density at radius 3 is 2.75 bits per heavy atom. The van der Waals surface area contributed by atoms with E-state index >= 15 is 0 Å². The van der Waals surface area contributed by atoms with E-state index in [1.54, 1.807) is 35.5 Å². The summed E-state index contributed by atoms with van der Waals surface area (Å²) in [5.41, 5.74) is 1.50. The number of fused-ring (bicyclic) bond motifs is 1. The number of carbonyl (C=O) groups excluding carboxylic acids is 1. The summed E-state index contributed by atoms with van der Waals surface area (Å²) in [5.74, 6) is -0.235. The molecule has 0 fully saturated rings. The van der Waals surface area contributed by atoms with Gasteiger partial charge in [0.25, 0.3) is 5.91 Å². The van der Waals surface area contributed by atoms with Gasteiger partial charge in [0.2, 0.25) is 0 Å². The van der Waals surface area contributed by atoms with Crippen LogP contribution in [0.1, 0.15) is 28.0 Å². The quantitative estimate of drug-likeness (QED) is 0.579. The van der Waals surface area contributed by atoms with Crippen LogP contribution in [0.15, 0.2) is 53.3 Å². The Morgan fingerprint density at radius 2 is 2.04 bits per heavy atom. The molecule has 1 aromatic carbocycles. The fourth-order valence-electron chi connectivity index (χ4n) is 3.13. The Balaban J connectivity index is 1.52. The number of carbonyl (C=O) groups is 1. The predicted octanol–water partition coefficient (Wildman–Crippen LogP) is 4.44. The molecule has 0 atom stereocenters. The first-order valence-electron chi connectivity index (χ1n) is 8.48. The lowest BCUT2D eigenvalue weighted by Crippen LogP contribution is -2.35. The molecule has 2 aromatic heterocycles. The number of amides is 1. The average molecular weight is 451 g/mol. The summed E-state index contributed by atoms with van der Waals surface area (Å²) in [6, 6.07) is 6.87. The predicted molar refractivity (Wildman–Crippen MR) is 101 cm³/mol. The smallest absolute Gasteiger partial charge is 0.333 e. The summed E-state index contributed by atoms with van der Waals surface area (Å²) in [7, 11) is 0. The molecule has 0 saturated heterocycles. The zero-order valence-electron chi connectivity index (χ0n) is 14.4. The third-order valence-corrected chi connectivity index (χ3v) is 4.97. The van der Waals surface area contributed by atoms with E-state index in [0.29, 0.717) is 30.7 Å². The maximum atomic E-state index is 12.9. The number of rotatable bonds is 2. The average Bonchev–Trinajstić information content (AvgIpc) is 3.10. The summed E-state index contributed by atoms with van der Waals surface area (Å²) in [6.45, 7) is 0.724. The molecule has 1 aliphatic rings. The first kappa shape index (κ1) is 18.7. The van der Waals surface area contributed by atoms with Crippen LogP contribution in [0.4, 0.5) is 13.2 Å². The highest BCUT2D eigenvalue weighted by atomic mass is 79.9. The van der Waals surface area contributed by atoms with Gasteiger partial charge in [0, 0.05) is 31.5 Å². The minimum Gasteiger partial charge on any atom is -0.333 e. The van der Waals surface area contributed by atoms with Crippen molar-refractivity contribution in [3.8, 4) is 0 Å². The molecule has 1 amide bonds. The first-order chi connectivity index (χ1) is 13.3. The van der Waals surface area contributed by atoms with Gasteiger partial charge in [-0.15, -0.1) is 0 Å². The topological polar surface area (TPSA) is 50.5 Å². The zero-order chi connectivity index (χ0) is 19.9. The van der Waals surface area contributed by atoms with Crippen LogP contribution in [-0.4, -0.2) is 38.5 Å². The van der Waals surface area contributed by atoms with Crippen LogP contribution in [0.2, 0.25) is 0 Å². The van der Waals surface area contributed by atoms with Gasteiger partial charge >= 0.3 is 6.18 Å². The van der Waals surface area contributed by atoms with Gasteiger partial charge in [0.1, 0.15) is 0 Å². The normalized spacial score (nSPS) is 15.0. The summed E-state index contributed by atoms with van der Waals surface area (Å²) in [5, 5.41) is 4.25. The van der Waals surface area contributed by atoms with Gasteiger partial charge in [-0.1, -0.05) is 18.2 Å². The Hall–Kier alpha value is -2.68. The lowest BCUT2D eigenvalue weighted by Gasteiger charge is -2.26. The second-order valence-corrected chi connectivity index (χ2v) is 7.33. The molecule has 28 heavy (non-hydrogen) atoms. The van der Waals surface area contributed by atoms with Crippen LogP contribution in [-0.2, 0) is 6.18 Å². The Labute approximate surface area is 166 Å². The molecule has 0 unspecified atom stereocenters. The molecule has 144 valence electrons. The number of nitrogens with zero attached hydrogens (tertiary/aromatic N) is 4. The third-order valence-electron chi connectivity index (χ3n) is 4.56. The van der Waals surface area contributed by atoms with Crippen molar-refractivity contribution in [1.29, 1.82) is 0 Å². The SMILES string of the molecule is O=C(c1cc2ncc(Br)cn2n1)N1CC=C(c2cccc(C(F)(F)F)c2)CC1. The lowest BCUT2D eigenvalue weighted by molar-refractivity contribution is -0.137. The number of halogens is 4. The number of hydrogen-bond donors (Lipinski definition) is 0. The van der Waals surface area contributed by atoms with Crippen molar-refractivity contribution in [1.82, 2.24) is 19.5 Å². The number of aromatic nitrogens is 3. The molecule has 0 N–H and O–H groups in total. The van der Waals surface area contributed by atoms with E-state index in [0.717, 1.165) is 22.2 Å². The molecule has 5 nitrogen and oxygen atoms in total. The second-order valence-electron chi connectivity index (χ2n) is 6.41. The fraction of sp³-hybridized carbons (Fsp3) is 0.211. The number of hydrogen-bond acceptors (Lipinski definition) is 3. The van der Waals surface area contributed by atoms with E-state index in [4.69, 9.17) is 0 Å². The molecular weight excluding hydrogens is 437 g/mol. The largest absolute Gasteiger partial charge is 0.416 e. The van der Waals surface area contributed by atoms with E-state index < -0.39 is 11.7 Å². The molecule has 0 saturated carbocycles. The minimum atomic E-state index is -4.38. The van der Waals surface area contributed by atoms with Crippen molar-refractivity contribution in [2.45, 2.75) is 12.6 Å². The van der Waals surface area contributed by atoms with Crippen molar-refractivity contribution in [2.24, 2.45) is 0 Å². The van der Waals surface area contributed by atoms with E-state index in [9.17, 15) is 18.0 Å². The molecule has 9 heteroatoms. The van der Waals surface area contributed by atoms with E-state index in [1.165, 1.54) is 10.6 Å². The molecule has 0 bridgehead atoms. The Bertz CT molecular complexity index is 1090. The maximum Gasteiger partial charge on any atom is 0.416 e. The van der Waals surface area contributed by atoms with Gasteiger partial charge in [0.05, 0.1) is 10.0 Å². The molecule has 1 aliphatic heterocycles. The van der Waals surface area contributed by atoms with E-state index in [-0.39, 0.29) is 11.6 Å². The summed E-state index contributed by atoms with van der Waals surface area (Å²) in [6.07, 6.45) is 1.22. The highest BCUT2D eigenvalue weighted by molar-refractivity contribution is 9.10. The molecule has 0 radical (unpaired) electrons. The van der Waals surface area contributed by atoms with Crippen molar-refractivity contribution >= 4 is 33.1 Å². The van der Waals surface area contributed by atoms with Crippen LogP contribution in [0, 0.1) is 0 Å². The van der Waals surface area contributed by atoms with Gasteiger partial charge in [-0.2, -0.15) is 18.3 Å². The highest BCUT2D eigenvalue weighted by Crippen LogP contribution is 2.32. The van der Waals surface area contributed by atoms with Crippen LogP contribution in [0.3, 0.4) is 0 Å². The summed E-state index contributed by atoms with van der Waals surface area (Å²) < 4.78 is 41.0. The van der Waals surface area contributed by atoms with E-state index in [2.05, 4.69) is 26.0 Å². The standard InChI is InChI=1S/C19H14BrF3N4O/c20-15-10-24-17-9-16(25-27(17)11-15)18(28)26-6-4-12(5-7-26)13-2-1-3-14(8-13)19(21,22)23/h1-4,8-11H,5-7H2. The summed E-state index contributed by atoms with van der Waals surface area (Å²) in [4.78, 5) is 18.5. The van der Waals surface area contributed by atoms with Gasteiger partial charge in [-0.05, 0) is 45.6 Å². The number of alkyl halides is 3. The Morgan fingerprint density at radius 1 is 1.21 bits per heavy atom.